The van der Waals surface area contributed by atoms with Crippen LogP contribution in [0.25, 0.3) is 0 Å². The highest BCUT2D eigenvalue weighted by Crippen LogP contribution is 2.45. The molecule has 17 nitrogen and oxygen atoms in total. The van der Waals surface area contributed by atoms with E-state index >= 15 is 0 Å². The topological polar surface area (TPSA) is 278 Å². The van der Waals surface area contributed by atoms with E-state index in [0.717, 1.165) is 43.2 Å². The van der Waals surface area contributed by atoms with Crippen LogP contribution in [0.1, 0.15) is 69.4 Å². The van der Waals surface area contributed by atoms with Gasteiger partial charge in [-0.1, -0.05) is 31.4 Å². The van der Waals surface area contributed by atoms with Crippen LogP contribution < -0.4 is 9.47 Å². The fraction of sp³-hybridized carbons (Fsp3) is 0.778. The van der Waals surface area contributed by atoms with Gasteiger partial charge in [0.15, 0.2) is 6.29 Å². The molecule has 0 bridgehead atoms. The predicted molar refractivity (Wildman–Crippen MR) is 181 cm³/mol. The molecule has 0 saturated carbocycles. The molecule has 0 unspecified atom stereocenters. The molecule has 1 aromatic carbocycles. The first-order valence-corrected chi connectivity index (χ1v) is 18.4. The van der Waals surface area contributed by atoms with Gasteiger partial charge in [0.25, 0.3) is 0 Å². The smallest absolute Gasteiger partial charge is 0.229 e. The Morgan fingerprint density at radius 1 is 0.642 bits per heavy atom. The predicted octanol–water partition coefficient (Wildman–Crippen LogP) is -2.19. The fourth-order valence-electron chi connectivity index (χ4n) is 7.34. The second-order valence-electron chi connectivity index (χ2n) is 14.4. The molecule has 3 fully saturated rings. The lowest BCUT2D eigenvalue weighted by molar-refractivity contribution is -0.352. The maximum Gasteiger partial charge on any atom is 0.229 e. The number of hydrogen-bond acceptors (Lipinski definition) is 17. The fourth-order valence-corrected chi connectivity index (χ4v) is 7.34. The van der Waals surface area contributed by atoms with Crippen LogP contribution in [0, 0.1) is 0 Å². The van der Waals surface area contributed by atoms with Gasteiger partial charge >= 0.3 is 0 Å². The summed E-state index contributed by atoms with van der Waals surface area (Å²) in [6.45, 7) is 1.89. The number of hydrogen-bond donors (Lipinski definition) is 11. The SMILES string of the molecule is CCCCCc1cc(O[C@@H]2O[C@H](CO)[C@@H](O)[C@H](O)[C@H]2O)c([C@@H]2C=C(C)CCC2)c(O[C@@H]2O[C@H](CO)[C@@H](O)[C@H](O[C@@H]3O[C@H](CO)[C@@H](O)[C@H](O)[C@H]3O)[C@H]2O)c1. The van der Waals surface area contributed by atoms with Crippen molar-refractivity contribution in [2.24, 2.45) is 0 Å². The van der Waals surface area contributed by atoms with Crippen LogP contribution >= 0.6 is 0 Å². The van der Waals surface area contributed by atoms with Gasteiger partial charge in [-0.3, -0.25) is 0 Å². The van der Waals surface area contributed by atoms with E-state index in [1.807, 2.05) is 13.0 Å². The third-order valence-electron chi connectivity index (χ3n) is 10.5. The Labute approximate surface area is 307 Å². The Balaban J connectivity index is 1.53. The quantitative estimate of drug-likeness (QED) is 0.0710. The van der Waals surface area contributed by atoms with Gasteiger partial charge in [0, 0.05) is 11.5 Å². The van der Waals surface area contributed by atoms with Crippen LogP contribution in [-0.2, 0) is 25.4 Å². The second kappa shape index (κ2) is 18.7. The summed E-state index contributed by atoms with van der Waals surface area (Å²) in [5.74, 6) is 0.0511. The highest BCUT2D eigenvalue weighted by molar-refractivity contribution is 5.52. The van der Waals surface area contributed by atoms with E-state index in [4.69, 9.17) is 28.4 Å². The van der Waals surface area contributed by atoms with Crippen molar-refractivity contribution < 1.29 is 84.6 Å². The van der Waals surface area contributed by atoms with Crippen LogP contribution in [0.3, 0.4) is 0 Å². The average Bonchev–Trinajstić information content (AvgIpc) is 3.14. The number of rotatable bonds is 14. The standard InChI is InChI=1S/C36H56O17/c1-3-4-5-8-17-11-19(48-34-30(45)28(43)25(40)21(13-37)50-34)24(18-9-6-7-16(2)10-18)20(12-17)49-36-32(47)33(27(42)23(15-39)52-36)53-35-31(46)29(44)26(41)22(14-38)51-35/h10-12,18,21-23,25-47H,3-9,13-15H2,1-2H3/t18-,21+,22+,23+,25+,26+,27+,28-,29-,30+,31+,32+,33-,34+,35-,36+/m0/s1. The van der Waals surface area contributed by atoms with Crippen molar-refractivity contribution in [3.8, 4) is 11.5 Å². The van der Waals surface area contributed by atoms with Crippen molar-refractivity contribution >= 4 is 0 Å². The molecule has 3 heterocycles. The van der Waals surface area contributed by atoms with Gasteiger partial charge in [-0.15, -0.1) is 0 Å². The van der Waals surface area contributed by atoms with Gasteiger partial charge in [0.1, 0.15) is 84.7 Å². The van der Waals surface area contributed by atoms with Crippen LogP contribution in [0.15, 0.2) is 23.8 Å². The van der Waals surface area contributed by atoms with E-state index < -0.39 is 112 Å². The third kappa shape index (κ3) is 9.33. The molecule has 1 aromatic rings. The molecule has 0 aromatic heterocycles. The number of ether oxygens (including phenoxy) is 6. The van der Waals surface area contributed by atoms with E-state index in [9.17, 15) is 56.2 Å². The molecular weight excluding hydrogens is 704 g/mol. The zero-order valence-electron chi connectivity index (χ0n) is 29.9. The number of aliphatic hydroxyl groups excluding tert-OH is 11. The van der Waals surface area contributed by atoms with Crippen molar-refractivity contribution in [2.75, 3.05) is 19.8 Å². The summed E-state index contributed by atoms with van der Waals surface area (Å²) in [6.07, 6.45) is -16.8. The Bertz CT molecular complexity index is 1340. The van der Waals surface area contributed by atoms with Crippen LogP contribution in [0.2, 0.25) is 0 Å². The molecule has 17 heteroatoms. The maximum absolute atomic E-state index is 11.6. The summed E-state index contributed by atoms with van der Waals surface area (Å²) in [5, 5.41) is 115. The van der Waals surface area contributed by atoms with E-state index in [0.29, 0.717) is 18.4 Å². The number of allylic oxidation sites excluding steroid dienone is 2. The minimum absolute atomic E-state index is 0.179. The maximum atomic E-state index is 11.6. The molecule has 11 N–H and O–H groups in total. The van der Waals surface area contributed by atoms with Crippen molar-refractivity contribution in [2.45, 2.75) is 157 Å². The first kappa shape index (κ1) is 42.1. The molecule has 0 radical (unpaired) electrons. The molecule has 302 valence electrons. The summed E-state index contributed by atoms with van der Waals surface area (Å²) >= 11 is 0. The number of unbranched alkanes of at least 4 members (excludes halogenated alkanes) is 2. The van der Waals surface area contributed by atoms with Crippen molar-refractivity contribution in [1.29, 1.82) is 0 Å². The normalized spacial score (nSPS) is 40.8. The lowest BCUT2D eigenvalue weighted by Gasteiger charge is -2.46. The average molecular weight is 761 g/mol. The highest BCUT2D eigenvalue weighted by Gasteiger charge is 2.52. The molecule has 53 heavy (non-hydrogen) atoms. The van der Waals surface area contributed by atoms with E-state index in [2.05, 4.69) is 6.92 Å². The van der Waals surface area contributed by atoms with Crippen LogP contribution in [0.4, 0.5) is 0 Å². The van der Waals surface area contributed by atoms with Crippen LogP contribution in [-0.4, -0.2) is 168 Å². The Morgan fingerprint density at radius 2 is 1.15 bits per heavy atom. The summed E-state index contributed by atoms with van der Waals surface area (Å²) < 4.78 is 35.5. The molecule has 1 aliphatic carbocycles. The lowest BCUT2D eigenvalue weighted by Crippen LogP contribution is -2.65. The molecule has 3 saturated heterocycles. The molecule has 0 spiro atoms. The van der Waals surface area contributed by atoms with Gasteiger partial charge in [-0.05, 0) is 56.7 Å². The molecular formula is C36H56O17. The number of aryl methyl sites for hydroxylation is 1. The van der Waals surface area contributed by atoms with Gasteiger partial charge in [0.2, 0.25) is 12.6 Å². The molecule has 3 aliphatic heterocycles. The van der Waals surface area contributed by atoms with E-state index in [-0.39, 0.29) is 17.4 Å². The van der Waals surface area contributed by atoms with Crippen LogP contribution in [0.5, 0.6) is 11.5 Å². The van der Waals surface area contributed by atoms with Crippen molar-refractivity contribution in [3.63, 3.8) is 0 Å². The molecule has 16 atom stereocenters. The summed E-state index contributed by atoms with van der Waals surface area (Å²) in [7, 11) is 0. The zero-order chi connectivity index (χ0) is 38.6. The second-order valence-corrected chi connectivity index (χ2v) is 14.4. The van der Waals surface area contributed by atoms with E-state index in [1.54, 1.807) is 12.1 Å². The largest absolute Gasteiger partial charge is 0.462 e. The molecule has 0 amide bonds. The van der Waals surface area contributed by atoms with Gasteiger partial charge < -0.3 is 84.6 Å². The molecule has 5 rings (SSSR count). The summed E-state index contributed by atoms with van der Waals surface area (Å²) in [6, 6.07) is 3.52. The molecule has 4 aliphatic rings. The minimum atomic E-state index is -1.85. The van der Waals surface area contributed by atoms with Crippen molar-refractivity contribution in [3.05, 3.63) is 34.9 Å². The van der Waals surface area contributed by atoms with Gasteiger partial charge in [-0.2, -0.15) is 0 Å². The Morgan fingerprint density at radius 3 is 1.68 bits per heavy atom. The summed E-state index contributed by atoms with van der Waals surface area (Å²) in [4.78, 5) is 0. The van der Waals surface area contributed by atoms with E-state index in [1.165, 1.54) is 0 Å². The summed E-state index contributed by atoms with van der Waals surface area (Å²) in [5.41, 5.74) is 2.28. The third-order valence-corrected chi connectivity index (χ3v) is 10.5. The first-order valence-electron chi connectivity index (χ1n) is 18.4. The van der Waals surface area contributed by atoms with Gasteiger partial charge in [-0.25, -0.2) is 0 Å². The number of aliphatic hydroxyl groups is 11. The first-order chi connectivity index (χ1) is 25.3. The highest BCUT2D eigenvalue weighted by atomic mass is 16.7. The number of benzene rings is 1. The zero-order valence-corrected chi connectivity index (χ0v) is 29.9. The Hall–Kier alpha value is -2.04. The van der Waals surface area contributed by atoms with Gasteiger partial charge in [0.05, 0.1) is 19.8 Å². The Kier molecular flexibility index (Phi) is 14.9. The van der Waals surface area contributed by atoms with Crippen molar-refractivity contribution in [1.82, 2.24) is 0 Å². The monoisotopic (exact) mass is 760 g/mol. The minimum Gasteiger partial charge on any atom is -0.462 e. The lowest BCUT2D eigenvalue weighted by atomic mass is 9.84.